The molecule has 0 unspecified atom stereocenters. The molecule has 0 aliphatic heterocycles. The van der Waals surface area contributed by atoms with Crippen molar-refractivity contribution in [2.45, 2.75) is 19.8 Å². The summed E-state index contributed by atoms with van der Waals surface area (Å²) in [4.78, 5) is 0. The largest absolute Gasteiger partial charge is 0.465 e. The second-order valence-corrected chi connectivity index (χ2v) is 4.17. The highest BCUT2D eigenvalue weighted by Gasteiger charge is 1.97. The first-order chi connectivity index (χ1) is 7.75. The van der Waals surface area contributed by atoms with Crippen molar-refractivity contribution in [2.75, 3.05) is 0 Å². The Hall–Kier alpha value is -1.76. The van der Waals surface area contributed by atoms with Crippen LogP contribution in [0.2, 0.25) is 0 Å². The fourth-order valence-corrected chi connectivity index (χ4v) is 1.56. The molecule has 0 aliphatic rings. The van der Waals surface area contributed by atoms with E-state index in [1.54, 1.807) is 6.26 Å². The molecule has 82 valence electrons. The molecule has 1 aromatic heterocycles. The first-order valence-corrected chi connectivity index (χ1v) is 5.57. The standard InChI is InChI=1S/C15H16O/c1-12(2)14-8-5-13(6-9-14)7-10-15-4-3-11-16-15/h3-12H,1-2H3/b10-7+. The minimum atomic E-state index is 0.586. The van der Waals surface area contributed by atoms with E-state index < -0.39 is 0 Å². The Balaban J connectivity index is 2.11. The van der Waals surface area contributed by atoms with E-state index in [-0.39, 0.29) is 0 Å². The zero-order valence-corrected chi connectivity index (χ0v) is 9.68. The van der Waals surface area contributed by atoms with Gasteiger partial charge in [-0.05, 0) is 35.3 Å². The minimum absolute atomic E-state index is 0.586. The molecule has 0 atom stereocenters. The quantitative estimate of drug-likeness (QED) is 0.726. The molecule has 0 saturated carbocycles. The normalized spacial score (nSPS) is 11.4. The summed E-state index contributed by atoms with van der Waals surface area (Å²) in [5.41, 5.74) is 2.57. The van der Waals surface area contributed by atoms with E-state index in [2.05, 4.69) is 44.2 Å². The van der Waals surface area contributed by atoms with Gasteiger partial charge in [-0.2, -0.15) is 0 Å². The van der Waals surface area contributed by atoms with Crippen LogP contribution >= 0.6 is 0 Å². The molecular formula is C15H16O. The van der Waals surface area contributed by atoms with Crippen molar-refractivity contribution in [3.05, 3.63) is 59.5 Å². The smallest absolute Gasteiger partial charge is 0.126 e. The summed E-state index contributed by atoms with van der Waals surface area (Å²) >= 11 is 0. The van der Waals surface area contributed by atoms with Gasteiger partial charge in [-0.25, -0.2) is 0 Å². The van der Waals surface area contributed by atoms with E-state index in [1.807, 2.05) is 18.2 Å². The van der Waals surface area contributed by atoms with Gasteiger partial charge in [0.25, 0.3) is 0 Å². The lowest BCUT2D eigenvalue weighted by Gasteiger charge is -2.04. The molecule has 1 heterocycles. The van der Waals surface area contributed by atoms with Crippen LogP contribution in [0.15, 0.2) is 47.1 Å². The molecule has 2 aromatic rings. The van der Waals surface area contributed by atoms with E-state index in [1.165, 1.54) is 11.1 Å². The van der Waals surface area contributed by atoms with Crippen LogP contribution in [-0.2, 0) is 0 Å². The molecule has 16 heavy (non-hydrogen) atoms. The molecule has 0 saturated heterocycles. The number of hydrogen-bond donors (Lipinski definition) is 0. The Labute approximate surface area is 96.4 Å². The van der Waals surface area contributed by atoms with Gasteiger partial charge in [0.2, 0.25) is 0 Å². The highest BCUT2D eigenvalue weighted by Crippen LogP contribution is 2.16. The first-order valence-electron chi connectivity index (χ1n) is 5.57. The number of rotatable bonds is 3. The van der Waals surface area contributed by atoms with Crippen molar-refractivity contribution in [3.8, 4) is 0 Å². The molecular weight excluding hydrogens is 196 g/mol. The summed E-state index contributed by atoms with van der Waals surface area (Å²) in [7, 11) is 0. The van der Waals surface area contributed by atoms with Crippen molar-refractivity contribution in [3.63, 3.8) is 0 Å². The lowest BCUT2D eigenvalue weighted by atomic mass is 10.0. The summed E-state index contributed by atoms with van der Waals surface area (Å²) in [6, 6.07) is 12.4. The maximum Gasteiger partial charge on any atom is 0.126 e. The Kier molecular flexibility index (Phi) is 3.25. The Morgan fingerprint density at radius 2 is 1.75 bits per heavy atom. The second kappa shape index (κ2) is 4.84. The molecule has 2 rings (SSSR count). The fraction of sp³-hybridized carbons (Fsp3) is 0.200. The Bertz CT molecular complexity index is 447. The molecule has 0 aliphatic carbocycles. The van der Waals surface area contributed by atoms with E-state index in [0.29, 0.717) is 5.92 Å². The SMILES string of the molecule is CC(C)c1ccc(/C=C/c2ccco2)cc1. The van der Waals surface area contributed by atoms with Gasteiger partial charge in [0, 0.05) is 0 Å². The Morgan fingerprint density at radius 3 is 2.31 bits per heavy atom. The fourth-order valence-electron chi connectivity index (χ4n) is 1.56. The summed E-state index contributed by atoms with van der Waals surface area (Å²) < 4.78 is 5.23. The van der Waals surface area contributed by atoms with Crippen LogP contribution in [0.4, 0.5) is 0 Å². The predicted molar refractivity (Wildman–Crippen MR) is 68.2 cm³/mol. The zero-order valence-electron chi connectivity index (χ0n) is 9.68. The third-order valence-corrected chi connectivity index (χ3v) is 2.59. The third kappa shape index (κ3) is 2.63. The van der Waals surface area contributed by atoms with E-state index in [0.717, 1.165) is 5.76 Å². The van der Waals surface area contributed by atoms with Gasteiger partial charge >= 0.3 is 0 Å². The Morgan fingerprint density at radius 1 is 1.00 bits per heavy atom. The van der Waals surface area contributed by atoms with Crippen molar-refractivity contribution in [1.29, 1.82) is 0 Å². The van der Waals surface area contributed by atoms with Gasteiger partial charge in [-0.15, -0.1) is 0 Å². The highest BCUT2D eigenvalue weighted by atomic mass is 16.3. The maximum atomic E-state index is 5.23. The summed E-state index contributed by atoms with van der Waals surface area (Å²) in [5.74, 6) is 1.47. The average Bonchev–Trinajstić information content (AvgIpc) is 2.80. The summed E-state index contributed by atoms with van der Waals surface area (Å²) in [5, 5.41) is 0. The van der Waals surface area contributed by atoms with E-state index in [9.17, 15) is 0 Å². The molecule has 0 spiro atoms. The van der Waals surface area contributed by atoms with Crippen molar-refractivity contribution in [2.24, 2.45) is 0 Å². The van der Waals surface area contributed by atoms with Gasteiger partial charge in [0.05, 0.1) is 6.26 Å². The van der Waals surface area contributed by atoms with Gasteiger partial charge in [0.1, 0.15) is 5.76 Å². The molecule has 1 heteroatoms. The van der Waals surface area contributed by atoms with Crippen molar-refractivity contribution >= 4 is 12.2 Å². The lowest BCUT2D eigenvalue weighted by Crippen LogP contribution is -1.85. The molecule has 1 aromatic carbocycles. The predicted octanol–water partition coefficient (Wildman–Crippen LogP) is 4.57. The van der Waals surface area contributed by atoms with Crippen molar-refractivity contribution in [1.82, 2.24) is 0 Å². The molecule has 0 N–H and O–H groups in total. The van der Waals surface area contributed by atoms with E-state index >= 15 is 0 Å². The number of furan rings is 1. The molecule has 0 amide bonds. The molecule has 1 nitrogen and oxygen atoms in total. The summed E-state index contributed by atoms with van der Waals surface area (Å²) in [6.07, 6.45) is 5.72. The van der Waals surface area contributed by atoms with Crippen LogP contribution in [0, 0.1) is 0 Å². The van der Waals surface area contributed by atoms with Crippen LogP contribution in [0.25, 0.3) is 12.2 Å². The minimum Gasteiger partial charge on any atom is -0.465 e. The summed E-state index contributed by atoms with van der Waals surface area (Å²) in [6.45, 7) is 4.40. The van der Waals surface area contributed by atoms with Crippen molar-refractivity contribution < 1.29 is 4.42 Å². The lowest BCUT2D eigenvalue weighted by molar-refractivity contribution is 0.557. The molecule has 0 radical (unpaired) electrons. The average molecular weight is 212 g/mol. The van der Waals surface area contributed by atoms with Crippen LogP contribution in [0.5, 0.6) is 0 Å². The highest BCUT2D eigenvalue weighted by molar-refractivity contribution is 5.67. The number of benzene rings is 1. The van der Waals surface area contributed by atoms with Gasteiger partial charge in [-0.3, -0.25) is 0 Å². The van der Waals surface area contributed by atoms with Crippen LogP contribution < -0.4 is 0 Å². The second-order valence-electron chi connectivity index (χ2n) is 4.17. The van der Waals surface area contributed by atoms with Crippen LogP contribution in [0.1, 0.15) is 36.7 Å². The van der Waals surface area contributed by atoms with E-state index in [4.69, 9.17) is 4.42 Å². The monoisotopic (exact) mass is 212 g/mol. The van der Waals surface area contributed by atoms with Crippen LogP contribution in [0.3, 0.4) is 0 Å². The topological polar surface area (TPSA) is 13.1 Å². The number of hydrogen-bond acceptors (Lipinski definition) is 1. The molecule has 0 bridgehead atoms. The van der Waals surface area contributed by atoms with Gasteiger partial charge in [0.15, 0.2) is 0 Å². The molecule has 0 fully saturated rings. The van der Waals surface area contributed by atoms with Gasteiger partial charge < -0.3 is 4.42 Å². The third-order valence-electron chi connectivity index (χ3n) is 2.59. The van der Waals surface area contributed by atoms with Crippen LogP contribution in [-0.4, -0.2) is 0 Å². The maximum absolute atomic E-state index is 5.23. The van der Waals surface area contributed by atoms with Gasteiger partial charge in [-0.1, -0.05) is 44.2 Å². The first kappa shape index (κ1) is 10.7. The zero-order chi connectivity index (χ0) is 11.4.